The van der Waals surface area contributed by atoms with Crippen LogP contribution in [0.25, 0.3) is 0 Å². The van der Waals surface area contributed by atoms with Crippen molar-refractivity contribution in [3.05, 3.63) is 69.4 Å². The molecule has 21 heavy (non-hydrogen) atoms. The number of aromatic amines is 1. The Morgan fingerprint density at radius 3 is 2.62 bits per heavy atom. The number of aryl methyl sites for hydroxylation is 1. The third-order valence-electron chi connectivity index (χ3n) is 3.71. The highest BCUT2D eigenvalue weighted by Gasteiger charge is 2.39. The molecule has 1 heterocycles. The summed E-state index contributed by atoms with van der Waals surface area (Å²) >= 11 is 0. The van der Waals surface area contributed by atoms with E-state index < -0.39 is 0 Å². The first-order valence-electron chi connectivity index (χ1n) is 6.81. The SMILES string of the molecule is Cc1ccc(C(=O)N[C@@H]2C[C@@H]2c2ccc(F)cc2)c(=O)[nH]1. The van der Waals surface area contributed by atoms with Gasteiger partial charge >= 0.3 is 0 Å². The van der Waals surface area contributed by atoms with Crippen molar-refractivity contribution in [2.75, 3.05) is 0 Å². The highest BCUT2D eigenvalue weighted by atomic mass is 19.1. The van der Waals surface area contributed by atoms with Gasteiger partial charge in [-0.1, -0.05) is 12.1 Å². The zero-order chi connectivity index (χ0) is 15.0. The predicted octanol–water partition coefficient (Wildman–Crippen LogP) is 2.11. The maximum atomic E-state index is 12.9. The van der Waals surface area contributed by atoms with Gasteiger partial charge in [-0.25, -0.2) is 4.39 Å². The lowest BCUT2D eigenvalue weighted by atomic mass is 10.1. The molecule has 0 aliphatic heterocycles. The van der Waals surface area contributed by atoms with Crippen molar-refractivity contribution in [2.24, 2.45) is 0 Å². The van der Waals surface area contributed by atoms with E-state index >= 15 is 0 Å². The van der Waals surface area contributed by atoms with Gasteiger partial charge in [0.15, 0.2) is 0 Å². The number of pyridine rings is 1. The summed E-state index contributed by atoms with van der Waals surface area (Å²) in [6.07, 6.45) is 0.807. The number of carbonyl (C=O) groups is 1. The molecule has 1 aromatic carbocycles. The van der Waals surface area contributed by atoms with Crippen LogP contribution in [0, 0.1) is 12.7 Å². The van der Waals surface area contributed by atoms with E-state index in [1.54, 1.807) is 25.1 Å². The lowest BCUT2D eigenvalue weighted by Crippen LogP contribution is -2.31. The molecule has 4 nitrogen and oxygen atoms in total. The van der Waals surface area contributed by atoms with Crippen LogP contribution in [0.15, 0.2) is 41.2 Å². The van der Waals surface area contributed by atoms with Crippen molar-refractivity contribution in [1.29, 1.82) is 0 Å². The van der Waals surface area contributed by atoms with Gasteiger partial charge in [-0.15, -0.1) is 0 Å². The summed E-state index contributed by atoms with van der Waals surface area (Å²) in [4.78, 5) is 26.4. The number of nitrogens with one attached hydrogen (secondary N) is 2. The molecule has 1 saturated carbocycles. The lowest BCUT2D eigenvalue weighted by Gasteiger charge is -2.05. The van der Waals surface area contributed by atoms with Crippen LogP contribution >= 0.6 is 0 Å². The first kappa shape index (κ1) is 13.5. The molecule has 2 aromatic rings. The molecule has 2 N–H and O–H groups in total. The third kappa shape index (κ3) is 2.86. The number of carbonyl (C=O) groups excluding carboxylic acids is 1. The van der Waals surface area contributed by atoms with Gasteiger partial charge in [0, 0.05) is 17.7 Å². The molecule has 0 spiro atoms. The fraction of sp³-hybridized carbons (Fsp3) is 0.250. The number of halogens is 1. The lowest BCUT2D eigenvalue weighted by molar-refractivity contribution is 0.0949. The molecule has 5 heteroatoms. The summed E-state index contributed by atoms with van der Waals surface area (Å²) in [5.41, 5.74) is 1.45. The number of aromatic nitrogens is 1. The quantitative estimate of drug-likeness (QED) is 0.907. The van der Waals surface area contributed by atoms with E-state index in [1.807, 2.05) is 0 Å². The van der Waals surface area contributed by atoms with Crippen LogP contribution in [-0.4, -0.2) is 16.9 Å². The minimum Gasteiger partial charge on any atom is -0.348 e. The first-order valence-corrected chi connectivity index (χ1v) is 6.81. The van der Waals surface area contributed by atoms with Gasteiger partial charge < -0.3 is 10.3 Å². The van der Waals surface area contributed by atoms with Crippen LogP contribution in [0.5, 0.6) is 0 Å². The van der Waals surface area contributed by atoms with Gasteiger partial charge in [-0.05, 0) is 43.2 Å². The van der Waals surface area contributed by atoms with Gasteiger partial charge in [-0.2, -0.15) is 0 Å². The van der Waals surface area contributed by atoms with Gasteiger partial charge in [-0.3, -0.25) is 9.59 Å². The van der Waals surface area contributed by atoms with Crippen molar-refractivity contribution < 1.29 is 9.18 Å². The molecular formula is C16H15FN2O2. The molecule has 0 unspecified atom stereocenters. The number of amides is 1. The molecule has 0 saturated heterocycles. The Morgan fingerprint density at radius 1 is 1.24 bits per heavy atom. The normalized spacial score (nSPS) is 20.1. The molecule has 2 atom stereocenters. The van der Waals surface area contributed by atoms with Gasteiger partial charge in [0.25, 0.3) is 11.5 Å². The van der Waals surface area contributed by atoms with Crippen molar-refractivity contribution in [1.82, 2.24) is 10.3 Å². The molecule has 1 amide bonds. The summed E-state index contributed by atoms with van der Waals surface area (Å²) in [6.45, 7) is 1.76. The number of hydrogen-bond acceptors (Lipinski definition) is 2. The van der Waals surface area contributed by atoms with E-state index in [9.17, 15) is 14.0 Å². The maximum absolute atomic E-state index is 12.9. The summed E-state index contributed by atoms with van der Waals surface area (Å²) in [7, 11) is 0. The molecule has 1 aliphatic rings. The molecule has 1 aliphatic carbocycles. The summed E-state index contributed by atoms with van der Waals surface area (Å²) in [5.74, 6) is -0.448. The van der Waals surface area contributed by atoms with Crippen molar-refractivity contribution in [3.63, 3.8) is 0 Å². The van der Waals surface area contributed by atoms with E-state index in [4.69, 9.17) is 0 Å². The molecule has 1 fully saturated rings. The zero-order valence-electron chi connectivity index (χ0n) is 11.5. The van der Waals surface area contributed by atoms with Crippen LogP contribution in [0.3, 0.4) is 0 Å². The number of H-pyrrole nitrogens is 1. The second-order valence-corrected chi connectivity index (χ2v) is 5.36. The fourth-order valence-corrected chi connectivity index (χ4v) is 2.43. The molecule has 0 radical (unpaired) electrons. The van der Waals surface area contributed by atoms with Gasteiger partial charge in [0.2, 0.25) is 0 Å². The number of rotatable bonds is 3. The standard InChI is InChI=1S/C16H15FN2O2/c1-9-2-7-12(15(20)18-9)16(21)19-14-8-13(14)10-3-5-11(17)6-4-10/h2-7,13-14H,8H2,1H3,(H,18,20)(H,19,21)/t13-,14-/m1/s1. The van der Waals surface area contributed by atoms with Crippen molar-refractivity contribution in [2.45, 2.75) is 25.3 Å². The Kier molecular flexibility index (Phi) is 3.33. The second-order valence-electron chi connectivity index (χ2n) is 5.36. The predicted molar refractivity (Wildman–Crippen MR) is 76.8 cm³/mol. The highest BCUT2D eigenvalue weighted by Crippen LogP contribution is 2.40. The Hall–Kier alpha value is -2.43. The van der Waals surface area contributed by atoms with Crippen LogP contribution in [0.4, 0.5) is 4.39 Å². The summed E-state index contributed by atoms with van der Waals surface area (Å²) in [5, 5.41) is 2.84. The van der Waals surface area contributed by atoms with E-state index in [2.05, 4.69) is 10.3 Å². The van der Waals surface area contributed by atoms with Crippen LogP contribution < -0.4 is 10.9 Å². The molecule has 108 valence electrons. The van der Waals surface area contributed by atoms with E-state index in [-0.39, 0.29) is 34.8 Å². The van der Waals surface area contributed by atoms with Crippen LogP contribution in [0.2, 0.25) is 0 Å². The van der Waals surface area contributed by atoms with Crippen molar-refractivity contribution >= 4 is 5.91 Å². The molecule has 3 rings (SSSR count). The summed E-state index contributed by atoms with van der Waals surface area (Å²) < 4.78 is 12.9. The second kappa shape index (κ2) is 5.16. The monoisotopic (exact) mass is 286 g/mol. The molecular weight excluding hydrogens is 271 g/mol. The number of hydrogen-bond donors (Lipinski definition) is 2. The van der Waals surface area contributed by atoms with E-state index in [0.717, 1.165) is 12.0 Å². The Balaban J connectivity index is 1.67. The van der Waals surface area contributed by atoms with E-state index in [1.165, 1.54) is 18.2 Å². The third-order valence-corrected chi connectivity index (χ3v) is 3.71. The topological polar surface area (TPSA) is 62.0 Å². The fourth-order valence-electron chi connectivity index (χ4n) is 2.43. The van der Waals surface area contributed by atoms with Gasteiger partial charge in [0.1, 0.15) is 11.4 Å². The van der Waals surface area contributed by atoms with E-state index in [0.29, 0.717) is 5.69 Å². The Bertz CT molecular complexity index is 737. The minimum atomic E-state index is -0.383. The van der Waals surface area contributed by atoms with Crippen molar-refractivity contribution in [3.8, 4) is 0 Å². The molecule has 0 bridgehead atoms. The van der Waals surface area contributed by atoms with Gasteiger partial charge in [0.05, 0.1) is 0 Å². The zero-order valence-corrected chi connectivity index (χ0v) is 11.5. The highest BCUT2D eigenvalue weighted by molar-refractivity contribution is 5.94. The average molecular weight is 286 g/mol. The summed E-state index contributed by atoms with van der Waals surface area (Å²) in [6, 6.07) is 9.51. The first-order chi connectivity index (χ1) is 10.0. The smallest absolute Gasteiger partial charge is 0.260 e. The number of benzene rings is 1. The average Bonchev–Trinajstić information content (AvgIpc) is 3.18. The minimum absolute atomic E-state index is 0.00339. The Morgan fingerprint density at radius 2 is 1.95 bits per heavy atom. The van der Waals surface area contributed by atoms with Crippen LogP contribution in [0.1, 0.15) is 34.0 Å². The Labute approximate surface area is 121 Å². The largest absolute Gasteiger partial charge is 0.348 e. The molecule has 1 aromatic heterocycles. The maximum Gasteiger partial charge on any atom is 0.260 e. The van der Waals surface area contributed by atoms with Crippen LogP contribution in [-0.2, 0) is 0 Å².